The highest BCUT2D eigenvalue weighted by Crippen LogP contribution is 2.27. The Morgan fingerprint density at radius 1 is 0.950 bits per heavy atom. The lowest BCUT2D eigenvalue weighted by molar-refractivity contribution is -0.139. The van der Waals surface area contributed by atoms with E-state index in [2.05, 4.69) is 5.32 Å². The number of hydrogen-bond donors (Lipinski definition) is 1. The highest BCUT2D eigenvalue weighted by molar-refractivity contribution is 7.92. The lowest BCUT2D eigenvalue weighted by Crippen LogP contribution is -2.51. The van der Waals surface area contributed by atoms with Gasteiger partial charge in [-0.3, -0.25) is 13.9 Å². The molecule has 0 bridgehead atoms. The van der Waals surface area contributed by atoms with Gasteiger partial charge < -0.3 is 15.0 Å². The molecule has 0 aliphatic rings. The van der Waals surface area contributed by atoms with Gasteiger partial charge in [-0.2, -0.15) is 0 Å². The Balaban J connectivity index is 2.00. The van der Waals surface area contributed by atoms with Crippen molar-refractivity contribution < 1.29 is 22.7 Å². The van der Waals surface area contributed by atoms with Crippen molar-refractivity contribution in [3.63, 3.8) is 0 Å². The molecule has 8 nitrogen and oxygen atoms in total. The number of hydrogen-bond acceptors (Lipinski definition) is 5. The molecule has 1 unspecified atom stereocenters. The molecule has 0 saturated heterocycles. The topological polar surface area (TPSA) is 96.0 Å². The van der Waals surface area contributed by atoms with Crippen LogP contribution in [0.3, 0.4) is 0 Å². The first-order valence-corrected chi connectivity index (χ1v) is 14.9. The molecular formula is C31H39N3O5S. The summed E-state index contributed by atoms with van der Waals surface area (Å²) < 4.78 is 34.1. The third kappa shape index (κ3) is 7.85. The van der Waals surface area contributed by atoms with Crippen molar-refractivity contribution in [2.75, 3.05) is 24.5 Å². The monoisotopic (exact) mass is 565 g/mol. The third-order valence-corrected chi connectivity index (χ3v) is 8.47. The van der Waals surface area contributed by atoms with Crippen LogP contribution in [0.5, 0.6) is 5.75 Å². The van der Waals surface area contributed by atoms with E-state index >= 15 is 0 Å². The number of benzene rings is 3. The summed E-state index contributed by atoms with van der Waals surface area (Å²) in [6, 6.07) is 19.9. The minimum atomic E-state index is -4.12. The smallest absolute Gasteiger partial charge is 0.264 e. The molecule has 1 N–H and O–H groups in total. The fourth-order valence-electron chi connectivity index (χ4n) is 4.24. The molecule has 1 atom stereocenters. The Bertz CT molecular complexity index is 1390. The van der Waals surface area contributed by atoms with Crippen molar-refractivity contribution in [3.05, 3.63) is 89.5 Å². The molecule has 3 aromatic carbocycles. The van der Waals surface area contributed by atoms with E-state index in [-0.39, 0.29) is 17.3 Å². The molecule has 0 radical (unpaired) electrons. The van der Waals surface area contributed by atoms with Gasteiger partial charge in [0.15, 0.2) is 0 Å². The standard InChI is InChI=1S/C31H39N3O5S/c1-6-7-19-32-31(36)25(4)33(21-26-10-8-9-24(3)20-26)30(35)22-34(27-13-15-28(39-5)16-14-27)40(37,38)29-17-11-23(2)12-18-29/h8-18,20,25H,6-7,19,21-22H2,1-5H3,(H,32,36). The Kier molecular flexibility index (Phi) is 10.7. The first-order chi connectivity index (χ1) is 19.1. The molecule has 214 valence electrons. The molecule has 0 aliphatic carbocycles. The summed E-state index contributed by atoms with van der Waals surface area (Å²) in [5.74, 6) is -0.223. The number of ether oxygens (including phenoxy) is 1. The summed E-state index contributed by atoms with van der Waals surface area (Å²) in [5.41, 5.74) is 3.09. The number of sulfonamides is 1. The van der Waals surface area contributed by atoms with Crippen molar-refractivity contribution in [1.29, 1.82) is 0 Å². The van der Waals surface area contributed by atoms with Crippen LogP contribution >= 0.6 is 0 Å². The van der Waals surface area contributed by atoms with E-state index in [0.717, 1.165) is 33.8 Å². The van der Waals surface area contributed by atoms with Crippen LogP contribution in [-0.2, 0) is 26.2 Å². The van der Waals surface area contributed by atoms with E-state index in [0.29, 0.717) is 18.0 Å². The Labute approximate surface area is 238 Å². The lowest BCUT2D eigenvalue weighted by atomic mass is 10.1. The van der Waals surface area contributed by atoms with Crippen LogP contribution in [0.2, 0.25) is 0 Å². The summed E-state index contributed by atoms with van der Waals surface area (Å²) in [6.07, 6.45) is 1.75. The average Bonchev–Trinajstić information content (AvgIpc) is 2.94. The number of carbonyl (C=O) groups excluding carboxylic acids is 2. The molecular weight excluding hydrogens is 526 g/mol. The second-order valence-corrected chi connectivity index (χ2v) is 11.7. The van der Waals surface area contributed by atoms with Crippen molar-refractivity contribution in [3.8, 4) is 5.75 Å². The van der Waals surface area contributed by atoms with E-state index in [1.807, 2.05) is 45.0 Å². The van der Waals surface area contributed by atoms with E-state index in [1.165, 1.54) is 24.1 Å². The molecule has 0 spiro atoms. The number of aryl methyl sites for hydroxylation is 2. The maximum atomic E-state index is 14.0. The Morgan fingerprint density at radius 3 is 2.23 bits per heavy atom. The van der Waals surface area contributed by atoms with Gasteiger partial charge in [-0.15, -0.1) is 0 Å². The van der Waals surface area contributed by atoms with E-state index < -0.39 is 28.5 Å². The predicted octanol–water partition coefficient (Wildman–Crippen LogP) is 4.84. The van der Waals surface area contributed by atoms with Crippen molar-refractivity contribution >= 4 is 27.5 Å². The first kappa shape index (κ1) is 30.7. The van der Waals surface area contributed by atoms with E-state index in [1.54, 1.807) is 43.3 Å². The van der Waals surface area contributed by atoms with E-state index in [9.17, 15) is 18.0 Å². The van der Waals surface area contributed by atoms with Gasteiger partial charge in [0.2, 0.25) is 11.8 Å². The number of amides is 2. The molecule has 0 saturated carbocycles. The van der Waals surface area contributed by atoms with Crippen LogP contribution in [0.1, 0.15) is 43.4 Å². The molecule has 9 heteroatoms. The number of unbranched alkanes of at least 4 members (excludes halogenated alkanes) is 1. The van der Waals surface area contributed by atoms with Crippen LogP contribution in [-0.4, -0.2) is 51.4 Å². The maximum absolute atomic E-state index is 14.0. The van der Waals surface area contributed by atoms with Crippen LogP contribution in [0.25, 0.3) is 0 Å². The van der Waals surface area contributed by atoms with Crippen molar-refractivity contribution in [2.24, 2.45) is 0 Å². The van der Waals surface area contributed by atoms with Crippen LogP contribution in [0.4, 0.5) is 5.69 Å². The number of nitrogens with zero attached hydrogens (tertiary/aromatic N) is 2. The first-order valence-electron chi connectivity index (χ1n) is 13.4. The summed E-state index contributed by atoms with van der Waals surface area (Å²) >= 11 is 0. The minimum Gasteiger partial charge on any atom is -0.497 e. The van der Waals surface area contributed by atoms with Crippen LogP contribution in [0, 0.1) is 13.8 Å². The number of methoxy groups -OCH3 is 1. The molecule has 40 heavy (non-hydrogen) atoms. The van der Waals surface area contributed by atoms with Gasteiger partial charge in [-0.1, -0.05) is 60.9 Å². The molecule has 3 rings (SSSR count). The number of anilines is 1. The number of carbonyl (C=O) groups is 2. The zero-order valence-corrected chi connectivity index (χ0v) is 24.7. The Hall–Kier alpha value is -3.85. The maximum Gasteiger partial charge on any atom is 0.264 e. The highest BCUT2D eigenvalue weighted by atomic mass is 32.2. The van der Waals surface area contributed by atoms with Crippen molar-refractivity contribution in [2.45, 2.75) is 58.0 Å². The quantitative estimate of drug-likeness (QED) is 0.299. The molecule has 0 fully saturated rings. The second kappa shape index (κ2) is 14.0. The minimum absolute atomic E-state index is 0.0670. The number of nitrogens with one attached hydrogen (secondary N) is 1. The summed E-state index contributed by atoms with van der Waals surface area (Å²) in [7, 11) is -2.59. The molecule has 3 aromatic rings. The summed E-state index contributed by atoms with van der Waals surface area (Å²) in [5, 5.41) is 2.90. The van der Waals surface area contributed by atoms with Gasteiger partial charge >= 0.3 is 0 Å². The average molecular weight is 566 g/mol. The summed E-state index contributed by atoms with van der Waals surface area (Å²) in [6.45, 7) is 7.71. The number of rotatable bonds is 13. The fraction of sp³-hybridized carbons (Fsp3) is 0.355. The molecule has 0 aromatic heterocycles. The normalized spacial score (nSPS) is 11.9. The predicted molar refractivity (Wildman–Crippen MR) is 158 cm³/mol. The fourth-order valence-corrected chi connectivity index (χ4v) is 5.65. The zero-order chi connectivity index (χ0) is 29.3. The highest BCUT2D eigenvalue weighted by Gasteiger charge is 2.32. The lowest BCUT2D eigenvalue weighted by Gasteiger charge is -2.32. The zero-order valence-electron chi connectivity index (χ0n) is 23.9. The third-order valence-electron chi connectivity index (χ3n) is 6.68. The van der Waals surface area contributed by atoms with Crippen LogP contribution < -0.4 is 14.4 Å². The SMILES string of the molecule is CCCCNC(=O)C(C)N(Cc1cccc(C)c1)C(=O)CN(c1ccc(OC)cc1)S(=O)(=O)c1ccc(C)cc1. The molecule has 2 amide bonds. The van der Waals surface area contributed by atoms with Gasteiger partial charge in [0.05, 0.1) is 17.7 Å². The van der Waals surface area contributed by atoms with E-state index in [4.69, 9.17) is 4.74 Å². The van der Waals surface area contributed by atoms with Crippen LogP contribution in [0.15, 0.2) is 77.7 Å². The summed E-state index contributed by atoms with van der Waals surface area (Å²) in [4.78, 5) is 28.5. The van der Waals surface area contributed by atoms with Gasteiger partial charge in [0.1, 0.15) is 18.3 Å². The largest absolute Gasteiger partial charge is 0.497 e. The second-order valence-electron chi connectivity index (χ2n) is 9.85. The molecule has 0 heterocycles. The molecule has 0 aliphatic heterocycles. The van der Waals surface area contributed by atoms with Gasteiger partial charge in [-0.25, -0.2) is 8.42 Å². The van der Waals surface area contributed by atoms with Gasteiger partial charge in [-0.05, 0) is 69.2 Å². The van der Waals surface area contributed by atoms with Gasteiger partial charge in [0, 0.05) is 13.1 Å². The van der Waals surface area contributed by atoms with Crippen molar-refractivity contribution in [1.82, 2.24) is 10.2 Å². The Morgan fingerprint density at radius 2 is 1.62 bits per heavy atom. The van der Waals surface area contributed by atoms with Gasteiger partial charge in [0.25, 0.3) is 10.0 Å².